The molecule has 0 aromatic heterocycles. The lowest BCUT2D eigenvalue weighted by atomic mass is 10.1. The molecule has 0 radical (unpaired) electrons. The first kappa shape index (κ1) is 17.4. The Labute approximate surface area is 105 Å². The molecule has 0 amide bonds. The van der Waals surface area contributed by atoms with E-state index in [2.05, 4.69) is 13.2 Å². The molecular formula is C15H21NO. The third-order valence-electron chi connectivity index (χ3n) is 1.74. The largest absolute Gasteiger partial charge is 0.509 e. The van der Waals surface area contributed by atoms with Gasteiger partial charge in [-0.25, -0.2) is 0 Å². The van der Waals surface area contributed by atoms with Crippen LogP contribution in [-0.4, -0.2) is 5.11 Å². The quantitative estimate of drug-likeness (QED) is 0.436. The first-order valence-electron chi connectivity index (χ1n) is 5.48. The number of nitrogens with zero attached hydrogens (tertiary/aromatic N) is 1. The molecule has 0 atom stereocenters. The summed E-state index contributed by atoms with van der Waals surface area (Å²) in [6.07, 6.45) is 6.68. The molecule has 92 valence electrons. The third-order valence-corrected chi connectivity index (χ3v) is 1.74. The molecule has 0 spiro atoms. The summed E-state index contributed by atoms with van der Waals surface area (Å²) < 4.78 is 0. The minimum absolute atomic E-state index is 0.00676. The van der Waals surface area contributed by atoms with Crippen molar-refractivity contribution in [3.8, 4) is 6.07 Å². The molecule has 2 heteroatoms. The van der Waals surface area contributed by atoms with E-state index < -0.39 is 0 Å². The maximum atomic E-state index is 8.84. The zero-order valence-electron chi connectivity index (χ0n) is 11.1. The van der Waals surface area contributed by atoms with E-state index in [0.29, 0.717) is 5.57 Å². The molecule has 0 aliphatic heterocycles. The number of rotatable bonds is 4. The first-order chi connectivity index (χ1) is 7.97. The molecule has 0 aliphatic rings. The molecule has 17 heavy (non-hydrogen) atoms. The summed E-state index contributed by atoms with van der Waals surface area (Å²) in [6, 6.07) is 2.02. The lowest BCUT2D eigenvalue weighted by molar-refractivity contribution is 0.435. The van der Waals surface area contributed by atoms with E-state index in [1.165, 1.54) is 6.08 Å². The molecule has 0 aromatic rings. The summed E-state index contributed by atoms with van der Waals surface area (Å²) in [5.74, 6) is -0.00676. The van der Waals surface area contributed by atoms with Gasteiger partial charge in [-0.05, 0) is 37.1 Å². The van der Waals surface area contributed by atoms with Crippen molar-refractivity contribution in [2.75, 3.05) is 0 Å². The van der Waals surface area contributed by atoms with Gasteiger partial charge in [0, 0.05) is 5.57 Å². The second-order valence-electron chi connectivity index (χ2n) is 3.16. The van der Waals surface area contributed by atoms with Crippen molar-refractivity contribution in [3.63, 3.8) is 0 Å². The minimum Gasteiger partial charge on any atom is -0.509 e. The van der Waals surface area contributed by atoms with Gasteiger partial charge < -0.3 is 5.11 Å². The van der Waals surface area contributed by atoms with Crippen LogP contribution in [0.4, 0.5) is 0 Å². The van der Waals surface area contributed by atoms with Crippen LogP contribution in [-0.2, 0) is 0 Å². The van der Waals surface area contributed by atoms with Gasteiger partial charge >= 0.3 is 0 Å². The van der Waals surface area contributed by atoms with Crippen LogP contribution in [0.15, 0.2) is 59.9 Å². The molecule has 0 fully saturated rings. The number of nitriles is 1. The fraction of sp³-hybridized carbons (Fsp3) is 0.267. The van der Waals surface area contributed by atoms with E-state index in [4.69, 9.17) is 10.4 Å². The number of allylic oxidation sites excluding steroid dienone is 7. The van der Waals surface area contributed by atoms with Gasteiger partial charge in [0.15, 0.2) is 0 Å². The van der Waals surface area contributed by atoms with E-state index >= 15 is 0 Å². The number of hydrogen-bond donors (Lipinski definition) is 1. The summed E-state index contributed by atoms with van der Waals surface area (Å²) in [5, 5.41) is 17.4. The zero-order valence-corrected chi connectivity index (χ0v) is 11.1. The molecule has 2 nitrogen and oxygen atoms in total. The molecule has 0 saturated carbocycles. The van der Waals surface area contributed by atoms with E-state index in [1.807, 2.05) is 32.9 Å². The SMILES string of the molecule is C=C(O)/C=C\C(=C)/C(C)=C/C=C(\C)C#N.CC. The van der Waals surface area contributed by atoms with E-state index in [1.54, 1.807) is 19.1 Å². The van der Waals surface area contributed by atoms with Crippen molar-refractivity contribution in [2.24, 2.45) is 0 Å². The lowest BCUT2D eigenvalue weighted by Gasteiger charge is -1.98. The van der Waals surface area contributed by atoms with Crippen molar-refractivity contribution in [2.45, 2.75) is 27.7 Å². The highest BCUT2D eigenvalue weighted by Gasteiger charge is 1.91. The second kappa shape index (κ2) is 10.5. The number of aliphatic hydroxyl groups excluding tert-OH is 1. The summed E-state index contributed by atoms with van der Waals surface area (Å²) in [4.78, 5) is 0. The van der Waals surface area contributed by atoms with Crippen LogP contribution < -0.4 is 0 Å². The van der Waals surface area contributed by atoms with Crippen molar-refractivity contribution < 1.29 is 5.11 Å². The highest BCUT2D eigenvalue weighted by atomic mass is 16.3. The predicted octanol–water partition coefficient (Wildman–Crippen LogP) is 4.61. The van der Waals surface area contributed by atoms with Gasteiger partial charge in [0.05, 0.1) is 6.07 Å². The van der Waals surface area contributed by atoms with Crippen molar-refractivity contribution >= 4 is 0 Å². The fourth-order valence-electron chi connectivity index (χ4n) is 0.723. The molecule has 0 unspecified atom stereocenters. The average Bonchev–Trinajstić information content (AvgIpc) is 2.34. The molecule has 0 rings (SSSR count). The third kappa shape index (κ3) is 10.3. The van der Waals surface area contributed by atoms with E-state index in [-0.39, 0.29) is 5.76 Å². The summed E-state index contributed by atoms with van der Waals surface area (Å²) in [7, 11) is 0. The van der Waals surface area contributed by atoms with Crippen LogP contribution in [0.1, 0.15) is 27.7 Å². The maximum absolute atomic E-state index is 8.84. The van der Waals surface area contributed by atoms with E-state index in [9.17, 15) is 0 Å². The molecule has 0 saturated heterocycles. The van der Waals surface area contributed by atoms with Crippen LogP contribution in [0.2, 0.25) is 0 Å². The van der Waals surface area contributed by atoms with Crippen molar-refractivity contribution in [1.82, 2.24) is 0 Å². The Morgan fingerprint density at radius 2 is 1.65 bits per heavy atom. The van der Waals surface area contributed by atoms with Crippen molar-refractivity contribution in [3.05, 3.63) is 59.9 Å². The molecule has 0 bridgehead atoms. The summed E-state index contributed by atoms with van der Waals surface area (Å²) >= 11 is 0. The summed E-state index contributed by atoms with van der Waals surface area (Å²) in [6.45, 7) is 14.8. The Kier molecular flexibility index (Phi) is 10.7. The smallest absolute Gasteiger partial charge is 0.108 e. The monoisotopic (exact) mass is 231 g/mol. The standard InChI is InChI=1S/C13H15NO.C2H6/c1-10(9-14)5-6-11(2)12(3)7-8-13(4)15;1-2/h5-8,15H,3-4H2,1-2H3;1-2H3/b8-7-,10-5+,11-6+;. The zero-order chi connectivity index (χ0) is 13.8. The van der Waals surface area contributed by atoms with Crippen LogP contribution in [0.5, 0.6) is 0 Å². The van der Waals surface area contributed by atoms with Crippen LogP contribution in [0.25, 0.3) is 0 Å². The van der Waals surface area contributed by atoms with Gasteiger partial charge in [0.2, 0.25) is 0 Å². The Morgan fingerprint density at radius 3 is 2.06 bits per heavy atom. The Bertz CT molecular complexity index is 390. The average molecular weight is 231 g/mol. The molecule has 0 aromatic carbocycles. The van der Waals surface area contributed by atoms with Gasteiger partial charge in [-0.3, -0.25) is 0 Å². The van der Waals surface area contributed by atoms with Crippen LogP contribution in [0, 0.1) is 11.3 Å². The Morgan fingerprint density at radius 1 is 1.12 bits per heavy atom. The van der Waals surface area contributed by atoms with Gasteiger partial charge in [-0.1, -0.05) is 39.2 Å². The minimum atomic E-state index is -0.00676. The number of aliphatic hydroxyl groups is 1. The van der Waals surface area contributed by atoms with Crippen LogP contribution >= 0.6 is 0 Å². The summed E-state index contributed by atoms with van der Waals surface area (Å²) in [5.41, 5.74) is 2.34. The highest BCUT2D eigenvalue weighted by Crippen LogP contribution is 2.09. The van der Waals surface area contributed by atoms with Gasteiger partial charge in [-0.2, -0.15) is 5.26 Å². The molecule has 0 heterocycles. The number of hydrogen-bond acceptors (Lipinski definition) is 2. The van der Waals surface area contributed by atoms with Crippen molar-refractivity contribution in [1.29, 1.82) is 5.26 Å². The van der Waals surface area contributed by atoms with Gasteiger partial charge in [0.1, 0.15) is 5.76 Å². The lowest BCUT2D eigenvalue weighted by Crippen LogP contribution is -1.79. The van der Waals surface area contributed by atoms with Crippen LogP contribution in [0.3, 0.4) is 0 Å². The fourth-order valence-corrected chi connectivity index (χ4v) is 0.723. The predicted molar refractivity (Wildman–Crippen MR) is 74.5 cm³/mol. The topological polar surface area (TPSA) is 44.0 Å². The van der Waals surface area contributed by atoms with Gasteiger partial charge in [0.25, 0.3) is 0 Å². The molecular weight excluding hydrogens is 210 g/mol. The molecule has 1 N–H and O–H groups in total. The maximum Gasteiger partial charge on any atom is 0.108 e. The second-order valence-corrected chi connectivity index (χ2v) is 3.16. The van der Waals surface area contributed by atoms with E-state index in [0.717, 1.165) is 11.1 Å². The normalized spacial score (nSPS) is 11.5. The van der Waals surface area contributed by atoms with Gasteiger partial charge in [-0.15, -0.1) is 0 Å². The molecule has 0 aliphatic carbocycles. The Hall–Kier alpha value is -2.01. The highest BCUT2D eigenvalue weighted by molar-refractivity contribution is 5.40. The Balaban J connectivity index is 0. The first-order valence-corrected chi connectivity index (χ1v) is 5.48.